The van der Waals surface area contributed by atoms with Crippen LogP contribution in [0, 0.1) is 11.7 Å². The molecule has 0 spiro atoms. The largest absolute Gasteiger partial charge is 0.335 e. The molecule has 1 fully saturated rings. The first-order valence-corrected chi connectivity index (χ1v) is 13.8. The summed E-state index contributed by atoms with van der Waals surface area (Å²) >= 11 is 0. The van der Waals surface area contributed by atoms with Crippen LogP contribution in [0.5, 0.6) is 0 Å². The summed E-state index contributed by atoms with van der Waals surface area (Å²) in [5, 5.41) is 11.3. The van der Waals surface area contributed by atoms with E-state index in [1.807, 2.05) is 12.1 Å². The van der Waals surface area contributed by atoms with E-state index in [-0.39, 0.29) is 11.7 Å². The van der Waals surface area contributed by atoms with Crippen LogP contribution in [0.2, 0.25) is 0 Å². The van der Waals surface area contributed by atoms with Crippen molar-refractivity contribution in [2.45, 2.75) is 38.5 Å². The number of amides is 1. The average molecular weight is 547 g/mol. The van der Waals surface area contributed by atoms with Crippen molar-refractivity contribution >= 4 is 33.5 Å². The minimum atomic E-state index is -0.340. The average Bonchev–Trinajstić information content (AvgIpc) is 3.62. The first-order valence-electron chi connectivity index (χ1n) is 13.8. The van der Waals surface area contributed by atoms with E-state index in [0.717, 1.165) is 29.3 Å². The monoisotopic (exact) mass is 546 g/mol. The van der Waals surface area contributed by atoms with Crippen molar-refractivity contribution < 1.29 is 9.18 Å². The number of aromatic nitrogens is 7. The second kappa shape index (κ2) is 10.5. The van der Waals surface area contributed by atoms with Crippen molar-refractivity contribution in [2.24, 2.45) is 5.92 Å². The van der Waals surface area contributed by atoms with Gasteiger partial charge in [0.1, 0.15) is 17.0 Å². The van der Waals surface area contributed by atoms with Crippen molar-refractivity contribution in [3.8, 4) is 33.9 Å². The predicted molar refractivity (Wildman–Crippen MR) is 155 cm³/mol. The highest BCUT2D eigenvalue weighted by Crippen LogP contribution is 2.33. The molecular weight excluding hydrogens is 519 g/mol. The standard InChI is InChI=1S/C31H27FN8O/c32-24-9-5-4-8-21(24)23-15-34-16-27-29(23)38-31(37-27)30-22-12-25(35-17-26(22)39-40-30)19-11-20(14-33-13-19)36-28(41)10-18-6-2-1-3-7-18/h4-5,8-9,11-18H,1-3,6-7,10H2,(H,36,41)(H,37,38)(H,39,40). The first-order chi connectivity index (χ1) is 20.1. The summed E-state index contributed by atoms with van der Waals surface area (Å²) in [4.78, 5) is 34.0. The van der Waals surface area contributed by atoms with Gasteiger partial charge in [0.05, 0.1) is 41.0 Å². The van der Waals surface area contributed by atoms with E-state index in [2.05, 4.69) is 35.5 Å². The normalized spacial score (nSPS) is 14.1. The summed E-state index contributed by atoms with van der Waals surface area (Å²) in [7, 11) is 0. The maximum atomic E-state index is 14.6. The van der Waals surface area contributed by atoms with Gasteiger partial charge in [-0.1, -0.05) is 37.5 Å². The lowest BCUT2D eigenvalue weighted by atomic mass is 9.87. The van der Waals surface area contributed by atoms with Crippen LogP contribution < -0.4 is 5.32 Å². The molecule has 3 N–H and O–H groups in total. The molecule has 204 valence electrons. The molecule has 0 radical (unpaired) electrons. The third-order valence-corrected chi connectivity index (χ3v) is 7.75. The summed E-state index contributed by atoms with van der Waals surface area (Å²) in [5.41, 5.74) is 5.73. The van der Waals surface area contributed by atoms with Gasteiger partial charge in [-0.25, -0.2) is 9.37 Å². The van der Waals surface area contributed by atoms with E-state index < -0.39 is 0 Å². The quantitative estimate of drug-likeness (QED) is 0.214. The Hall–Kier alpha value is -4.99. The zero-order chi connectivity index (χ0) is 27.8. The van der Waals surface area contributed by atoms with Crippen LogP contribution >= 0.6 is 0 Å². The second-order valence-electron chi connectivity index (χ2n) is 10.6. The molecule has 1 saturated carbocycles. The van der Waals surface area contributed by atoms with Crippen LogP contribution in [-0.4, -0.2) is 41.0 Å². The van der Waals surface area contributed by atoms with Gasteiger partial charge in [0.15, 0.2) is 5.82 Å². The number of fused-ring (bicyclic) bond motifs is 2. The number of carbonyl (C=O) groups is 1. The van der Waals surface area contributed by atoms with Crippen LogP contribution in [0.15, 0.2) is 67.4 Å². The Labute approximate surface area is 234 Å². The Kier molecular flexibility index (Phi) is 6.42. The second-order valence-corrected chi connectivity index (χ2v) is 10.6. The van der Waals surface area contributed by atoms with Gasteiger partial charge in [-0.3, -0.25) is 24.8 Å². The lowest BCUT2D eigenvalue weighted by Crippen LogP contribution is -2.18. The number of hydrogen-bond donors (Lipinski definition) is 3. The topological polar surface area (TPSA) is 125 Å². The molecule has 7 rings (SSSR count). The Morgan fingerprint density at radius 2 is 1.80 bits per heavy atom. The predicted octanol–water partition coefficient (Wildman–Crippen LogP) is 6.67. The molecule has 5 heterocycles. The van der Waals surface area contributed by atoms with Crippen molar-refractivity contribution in [2.75, 3.05) is 5.32 Å². The number of imidazole rings is 1. The summed E-state index contributed by atoms with van der Waals surface area (Å²) < 4.78 is 14.6. The number of aromatic amines is 2. The molecule has 9 nitrogen and oxygen atoms in total. The summed E-state index contributed by atoms with van der Waals surface area (Å²) in [6.07, 6.45) is 14.8. The minimum Gasteiger partial charge on any atom is -0.335 e. The Morgan fingerprint density at radius 1 is 0.951 bits per heavy atom. The number of hydrogen-bond acceptors (Lipinski definition) is 6. The molecule has 41 heavy (non-hydrogen) atoms. The van der Waals surface area contributed by atoms with Crippen LogP contribution in [0.25, 0.3) is 55.8 Å². The fraction of sp³-hybridized carbons (Fsp3) is 0.226. The van der Waals surface area contributed by atoms with E-state index in [1.165, 1.54) is 25.3 Å². The lowest BCUT2D eigenvalue weighted by Gasteiger charge is -2.20. The van der Waals surface area contributed by atoms with Gasteiger partial charge in [0.2, 0.25) is 5.91 Å². The molecule has 0 atom stereocenters. The van der Waals surface area contributed by atoms with E-state index in [9.17, 15) is 9.18 Å². The summed E-state index contributed by atoms with van der Waals surface area (Å²) in [5.74, 6) is 0.662. The molecule has 1 aliphatic rings. The molecular formula is C31H27FN8O. The first kappa shape index (κ1) is 25.0. The number of anilines is 1. The highest BCUT2D eigenvalue weighted by molar-refractivity contribution is 5.97. The number of pyridine rings is 3. The highest BCUT2D eigenvalue weighted by Gasteiger charge is 2.19. The van der Waals surface area contributed by atoms with Gasteiger partial charge >= 0.3 is 0 Å². The number of nitrogens with zero attached hydrogens (tertiary/aromatic N) is 5. The minimum absolute atomic E-state index is 0.0190. The lowest BCUT2D eigenvalue weighted by molar-refractivity contribution is -0.117. The summed E-state index contributed by atoms with van der Waals surface area (Å²) in [6.45, 7) is 0. The number of nitrogens with one attached hydrogen (secondary N) is 3. The molecule has 10 heteroatoms. The highest BCUT2D eigenvalue weighted by atomic mass is 19.1. The number of halogens is 1. The van der Waals surface area contributed by atoms with Crippen LogP contribution in [0.3, 0.4) is 0 Å². The van der Waals surface area contributed by atoms with E-state index in [1.54, 1.807) is 49.2 Å². The summed E-state index contributed by atoms with van der Waals surface area (Å²) in [6, 6.07) is 10.4. The number of benzene rings is 1. The molecule has 6 aromatic rings. The number of carbonyl (C=O) groups excluding carboxylic acids is 1. The van der Waals surface area contributed by atoms with E-state index >= 15 is 0 Å². The van der Waals surface area contributed by atoms with Crippen molar-refractivity contribution in [3.63, 3.8) is 0 Å². The Morgan fingerprint density at radius 3 is 2.68 bits per heavy atom. The van der Waals surface area contributed by atoms with Crippen molar-refractivity contribution in [3.05, 3.63) is 73.2 Å². The molecule has 0 unspecified atom stereocenters. The van der Waals surface area contributed by atoms with Crippen LogP contribution in [-0.2, 0) is 4.79 Å². The third-order valence-electron chi connectivity index (χ3n) is 7.75. The van der Waals surface area contributed by atoms with Crippen molar-refractivity contribution in [1.29, 1.82) is 0 Å². The maximum Gasteiger partial charge on any atom is 0.224 e. The molecule has 1 aliphatic carbocycles. The Bertz CT molecular complexity index is 1890. The zero-order valence-corrected chi connectivity index (χ0v) is 22.2. The molecule has 5 aromatic heterocycles. The van der Waals surface area contributed by atoms with Gasteiger partial charge in [-0.05, 0) is 37.0 Å². The molecule has 1 amide bonds. The Balaban J connectivity index is 1.20. The molecule has 0 bridgehead atoms. The van der Waals surface area contributed by atoms with Crippen molar-refractivity contribution in [1.82, 2.24) is 35.1 Å². The number of H-pyrrole nitrogens is 2. The fourth-order valence-corrected chi connectivity index (χ4v) is 5.69. The van der Waals surface area contributed by atoms with Gasteiger partial charge in [0.25, 0.3) is 0 Å². The van der Waals surface area contributed by atoms with Crippen LogP contribution in [0.4, 0.5) is 10.1 Å². The number of rotatable bonds is 6. The molecule has 0 aliphatic heterocycles. The fourth-order valence-electron chi connectivity index (χ4n) is 5.69. The maximum absolute atomic E-state index is 14.6. The third kappa shape index (κ3) is 4.93. The SMILES string of the molecule is O=C(CC1CCCCC1)Nc1cncc(-c2cc3c(-c4nc5c(-c6ccccc6F)cncc5[nH]4)n[nH]c3cn2)c1. The smallest absolute Gasteiger partial charge is 0.224 e. The van der Waals surface area contributed by atoms with E-state index in [4.69, 9.17) is 4.98 Å². The van der Waals surface area contributed by atoms with Gasteiger partial charge < -0.3 is 10.3 Å². The van der Waals surface area contributed by atoms with Gasteiger partial charge in [-0.2, -0.15) is 5.10 Å². The zero-order valence-electron chi connectivity index (χ0n) is 22.2. The van der Waals surface area contributed by atoms with E-state index in [0.29, 0.717) is 57.4 Å². The molecule has 0 saturated heterocycles. The van der Waals surface area contributed by atoms with Gasteiger partial charge in [0, 0.05) is 40.9 Å². The molecule has 1 aromatic carbocycles. The van der Waals surface area contributed by atoms with Gasteiger partial charge in [-0.15, -0.1) is 0 Å². The van der Waals surface area contributed by atoms with Crippen LogP contribution in [0.1, 0.15) is 38.5 Å².